The van der Waals surface area contributed by atoms with Crippen LogP contribution in [0.2, 0.25) is 0 Å². The lowest BCUT2D eigenvalue weighted by Crippen LogP contribution is -2.46. The molecule has 2 aromatic rings. The zero-order valence-corrected chi connectivity index (χ0v) is 15.7. The summed E-state index contributed by atoms with van der Waals surface area (Å²) < 4.78 is 5.74. The SMILES string of the molecule is CN(CC(=O)NC(C)(C)C)C(=O)c1cc2c(s1)-c1ccccc1OC2. The number of hydrogen-bond acceptors (Lipinski definition) is 4. The maximum Gasteiger partial charge on any atom is 0.264 e. The number of nitrogens with one attached hydrogen (secondary N) is 1. The van der Waals surface area contributed by atoms with Crippen molar-refractivity contribution in [1.29, 1.82) is 0 Å². The minimum atomic E-state index is -0.315. The van der Waals surface area contributed by atoms with E-state index in [1.165, 1.54) is 16.2 Å². The van der Waals surface area contributed by atoms with E-state index in [1.807, 2.05) is 51.1 Å². The summed E-state index contributed by atoms with van der Waals surface area (Å²) in [5.74, 6) is 0.521. The first-order valence-corrected chi connectivity index (χ1v) is 8.97. The minimum absolute atomic E-state index is 0.0335. The number of benzene rings is 1. The average molecular weight is 358 g/mol. The van der Waals surface area contributed by atoms with E-state index in [0.29, 0.717) is 11.5 Å². The number of thiophene rings is 1. The summed E-state index contributed by atoms with van der Waals surface area (Å²) in [6.45, 7) is 6.24. The first kappa shape index (κ1) is 17.5. The molecular weight excluding hydrogens is 336 g/mol. The number of amides is 2. The highest BCUT2D eigenvalue weighted by molar-refractivity contribution is 7.17. The van der Waals surface area contributed by atoms with Crippen LogP contribution in [0.3, 0.4) is 0 Å². The number of fused-ring (bicyclic) bond motifs is 3. The molecule has 0 saturated heterocycles. The molecule has 2 amide bonds. The summed E-state index contributed by atoms with van der Waals surface area (Å²) in [6.07, 6.45) is 0. The molecule has 0 saturated carbocycles. The molecule has 3 rings (SSSR count). The van der Waals surface area contributed by atoms with Gasteiger partial charge >= 0.3 is 0 Å². The van der Waals surface area contributed by atoms with Crippen LogP contribution in [0.4, 0.5) is 0 Å². The van der Waals surface area contributed by atoms with Gasteiger partial charge in [-0.05, 0) is 39.0 Å². The van der Waals surface area contributed by atoms with E-state index in [1.54, 1.807) is 7.05 Å². The highest BCUT2D eigenvalue weighted by Crippen LogP contribution is 2.42. The number of hydrogen-bond donors (Lipinski definition) is 1. The molecule has 0 spiro atoms. The van der Waals surface area contributed by atoms with Crippen molar-refractivity contribution in [2.45, 2.75) is 32.9 Å². The molecule has 1 aliphatic rings. The molecule has 0 unspecified atom stereocenters. The molecule has 0 aliphatic carbocycles. The summed E-state index contributed by atoms with van der Waals surface area (Å²) in [7, 11) is 1.65. The molecule has 2 heterocycles. The average Bonchev–Trinajstić information content (AvgIpc) is 2.96. The predicted octanol–water partition coefficient (Wildman–Crippen LogP) is 3.29. The van der Waals surface area contributed by atoms with Gasteiger partial charge in [0.2, 0.25) is 5.91 Å². The molecule has 5 nitrogen and oxygen atoms in total. The summed E-state index contributed by atoms with van der Waals surface area (Å²) in [6, 6.07) is 9.70. The van der Waals surface area contributed by atoms with Crippen molar-refractivity contribution in [2.75, 3.05) is 13.6 Å². The summed E-state index contributed by atoms with van der Waals surface area (Å²) in [5.41, 5.74) is 1.71. The van der Waals surface area contributed by atoms with Gasteiger partial charge in [-0.3, -0.25) is 9.59 Å². The Bertz CT molecular complexity index is 820. The number of para-hydroxylation sites is 1. The van der Waals surface area contributed by atoms with Crippen molar-refractivity contribution in [3.8, 4) is 16.2 Å². The van der Waals surface area contributed by atoms with Crippen LogP contribution in [-0.2, 0) is 11.4 Å². The van der Waals surface area contributed by atoms with Crippen molar-refractivity contribution in [1.82, 2.24) is 10.2 Å². The fourth-order valence-corrected chi connectivity index (χ4v) is 3.93. The van der Waals surface area contributed by atoms with Gasteiger partial charge in [-0.1, -0.05) is 12.1 Å². The highest BCUT2D eigenvalue weighted by atomic mass is 32.1. The Labute approximate surface area is 151 Å². The van der Waals surface area contributed by atoms with E-state index in [4.69, 9.17) is 4.74 Å². The van der Waals surface area contributed by atoms with Gasteiger partial charge in [-0.25, -0.2) is 0 Å². The Balaban J connectivity index is 1.76. The lowest BCUT2D eigenvalue weighted by molar-refractivity contribution is -0.122. The third-order valence-corrected chi connectivity index (χ3v) is 4.98. The standard InChI is InChI=1S/C19H22N2O3S/c1-19(2,3)20-16(22)10-21(4)18(23)15-9-12-11-24-14-8-6-5-7-13(14)17(12)25-15/h5-9H,10-11H2,1-4H3,(H,20,22). The van der Waals surface area contributed by atoms with Crippen LogP contribution in [0.1, 0.15) is 36.0 Å². The molecule has 0 atom stereocenters. The molecular formula is C19H22N2O3S. The van der Waals surface area contributed by atoms with Gasteiger partial charge in [-0.15, -0.1) is 11.3 Å². The number of ether oxygens (including phenoxy) is 1. The van der Waals surface area contributed by atoms with Crippen LogP contribution in [0.5, 0.6) is 5.75 Å². The predicted molar refractivity (Wildman–Crippen MR) is 98.9 cm³/mol. The topological polar surface area (TPSA) is 58.6 Å². The summed E-state index contributed by atoms with van der Waals surface area (Å²) in [5, 5.41) is 2.87. The van der Waals surface area contributed by atoms with Gasteiger partial charge in [0.1, 0.15) is 12.4 Å². The lowest BCUT2D eigenvalue weighted by Gasteiger charge is -2.23. The highest BCUT2D eigenvalue weighted by Gasteiger charge is 2.25. The molecule has 1 N–H and O–H groups in total. The number of likely N-dealkylation sites (N-methyl/N-ethyl adjacent to an activating group) is 1. The van der Waals surface area contributed by atoms with Crippen molar-refractivity contribution < 1.29 is 14.3 Å². The van der Waals surface area contributed by atoms with Crippen LogP contribution >= 0.6 is 11.3 Å². The van der Waals surface area contributed by atoms with Gasteiger partial charge in [0.15, 0.2) is 0 Å². The maximum atomic E-state index is 12.7. The maximum absolute atomic E-state index is 12.7. The van der Waals surface area contributed by atoms with Crippen molar-refractivity contribution in [3.63, 3.8) is 0 Å². The smallest absolute Gasteiger partial charge is 0.264 e. The molecule has 0 bridgehead atoms. The van der Waals surface area contributed by atoms with Crippen molar-refractivity contribution in [2.24, 2.45) is 0 Å². The largest absolute Gasteiger partial charge is 0.488 e. The first-order valence-electron chi connectivity index (χ1n) is 8.16. The molecule has 132 valence electrons. The molecule has 1 aliphatic heterocycles. The normalized spacial score (nSPS) is 12.6. The van der Waals surface area contributed by atoms with E-state index in [0.717, 1.165) is 21.8 Å². The fourth-order valence-electron chi connectivity index (χ4n) is 2.74. The second-order valence-corrected chi connectivity index (χ2v) is 8.26. The third-order valence-electron chi connectivity index (χ3n) is 3.78. The third kappa shape index (κ3) is 3.85. The lowest BCUT2D eigenvalue weighted by atomic mass is 10.1. The van der Waals surface area contributed by atoms with Crippen LogP contribution < -0.4 is 10.1 Å². The molecule has 1 aromatic carbocycles. The Hall–Kier alpha value is -2.34. The van der Waals surface area contributed by atoms with E-state index < -0.39 is 0 Å². The molecule has 6 heteroatoms. The fraction of sp³-hybridized carbons (Fsp3) is 0.368. The van der Waals surface area contributed by atoms with Crippen LogP contribution in [-0.4, -0.2) is 35.8 Å². The van der Waals surface area contributed by atoms with Crippen molar-refractivity contribution >= 4 is 23.2 Å². The van der Waals surface area contributed by atoms with E-state index in [9.17, 15) is 9.59 Å². The summed E-state index contributed by atoms with van der Waals surface area (Å²) >= 11 is 1.45. The minimum Gasteiger partial charge on any atom is -0.488 e. The number of nitrogens with zero attached hydrogens (tertiary/aromatic N) is 1. The zero-order chi connectivity index (χ0) is 18.2. The van der Waals surface area contributed by atoms with E-state index in [-0.39, 0.29) is 23.9 Å². The Morgan fingerprint density at radius 1 is 1.28 bits per heavy atom. The van der Waals surface area contributed by atoms with Crippen LogP contribution in [0.25, 0.3) is 10.4 Å². The molecule has 25 heavy (non-hydrogen) atoms. The van der Waals surface area contributed by atoms with Gasteiger partial charge in [-0.2, -0.15) is 0 Å². The Kier molecular flexibility index (Phi) is 4.56. The number of rotatable bonds is 3. The molecule has 0 fully saturated rings. The monoisotopic (exact) mass is 358 g/mol. The molecule has 0 radical (unpaired) electrons. The van der Waals surface area contributed by atoms with Gasteiger partial charge in [0, 0.05) is 28.6 Å². The summed E-state index contributed by atoms with van der Waals surface area (Å²) in [4.78, 5) is 27.9. The van der Waals surface area contributed by atoms with E-state index in [2.05, 4.69) is 5.32 Å². The van der Waals surface area contributed by atoms with Crippen LogP contribution in [0.15, 0.2) is 30.3 Å². The van der Waals surface area contributed by atoms with Crippen molar-refractivity contribution in [3.05, 3.63) is 40.8 Å². The molecule has 1 aromatic heterocycles. The number of carbonyl (C=O) groups excluding carboxylic acids is 2. The second-order valence-electron chi connectivity index (χ2n) is 7.21. The van der Waals surface area contributed by atoms with Crippen LogP contribution in [0, 0.1) is 0 Å². The van der Waals surface area contributed by atoms with E-state index >= 15 is 0 Å². The number of carbonyl (C=O) groups is 2. The quantitative estimate of drug-likeness (QED) is 0.916. The Morgan fingerprint density at radius 2 is 2.00 bits per heavy atom. The van der Waals surface area contributed by atoms with Gasteiger partial charge in [0.05, 0.1) is 11.4 Å². The van der Waals surface area contributed by atoms with Gasteiger partial charge < -0.3 is 15.0 Å². The second kappa shape index (κ2) is 6.52. The first-order chi connectivity index (χ1) is 11.7. The zero-order valence-electron chi connectivity index (χ0n) is 14.9. The van der Waals surface area contributed by atoms with Gasteiger partial charge in [0.25, 0.3) is 5.91 Å². The Morgan fingerprint density at radius 3 is 2.72 bits per heavy atom.